The van der Waals surface area contributed by atoms with Crippen LogP contribution in [0.4, 0.5) is 0 Å². The van der Waals surface area contributed by atoms with Crippen LogP contribution >= 0.6 is 0 Å². The third kappa shape index (κ3) is 2.38. The molecule has 3 amide bonds. The molecule has 7 nitrogen and oxygen atoms in total. The van der Waals surface area contributed by atoms with Crippen LogP contribution in [0, 0.1) is 0 Å². The zero-order valence-corrected chi connectivity index (χ0v) is 12.7. The van der Waals surface area contributed by atoms with Gasteiger partial charge in [-0.3, -0.25) is 19.7 Å². The van der Waals surface area contributed by atoms with E-state index in [0.717, 1.165) is 12.8 Å². The molecule has 0 spiro atoms. The highest BCUT2D eigenvalue weighted by Gasteiger charge is 2.45. The summed E-state index contributed by atoms with van der Waals surface area (Å²) in [6, 6.07) is 7.40. The number of para-hydroxylation sites is 1. The maximum atomic E-state index is 12.9. The second-order valence-corrected chi connectivity index (χ2v) is 6.06. The summed E-state index contributed by atoms with van der Waals surface area (Å²) >= 11 is 0. The average Bonchev–Trinajstić information content (AvgIpc) is 3.32. The predicted molar refractivity (Wildman–Crippen MR) is 83.2 cm³/mol. The highest BCUT2D eigenvalue weighted by molar-refractivity contribution is 6.08. The largest absolute Gasteiger partial charge is 0.422 e. The topological polar surface area (TPSA) is 96.7 Å². The molecule has 1 aliphatic heterocycles. The van der Waals surface area contributed by atoms with Crippen LogP contribution in [-0.4, -0.2) is 34.7 Å². The number of rotatable bonds is 3. The Morgan fingerprint density at radius 1 is 1.17 bits per heavy atom. The number of carbonyl (C=O) groups is 3. The van der Waals surface area contributed by atoms with E-state index >= 15 is 0 Å². The summed E-state index contributed by atoms with van der Waals surface area (Å²) in [6.45, 7) is 0. The zero-order valence-electron chi connectivity index (χ0n) is 12.7. The maximum absolute atomic E-state index is 12.9. The number of hydrogen-bond donors (Lipinski definition) is 1. The third-order valence-electron chi connectivity index (χ3n) is 4.33. The van der Waals surface area contributed by atoms with Crippen LogP contribution in [0.2, 0.25) is 0 Å². The van der Waals surface area contributed by atoms with Gasteiger partial charge >= 0.3 is 5.63 Å². The molecule has 2 aliphatic rings. The highest BCUT2D eigenvalue weighted by atomic mass is 16.4. The maximum Gasteiger partial charge on any atom is 0.349 e. The molecule has 0 bridgehead atoms. The first kappa shape index (κ1) is 14.6. The molecule has 1 atom stereocenters. The Balaban J connectivity index is 1.76. The number of carbonyl (C=O) groups excluding carboxylic acids is 3. The van der Waals surface area contributed by atoms with Crippen LogP contribution in [0.5, 0.6) is 0 Å². The van der Waals surface area contributed by atoms with E-state index in [4.69, 9.17) is 4.42 Å². The Morgan fingerprint density at radius 2 is 1.92 bits per heavy atom. The fourth-order valence-corrected chi connectivity index (χ4v) is 3.03. The van der Waals surface area contributed by atoms with Gasteiger partial charge < -0.3 is 9.32 Å². The molecule has 2 heterocycles. The lowest BCUT2D eigenvalue weighted by Crippen LogP contribution is -2.47. The Kier molecular flexibility index (Phi) is 3.23. The smallest absolute Gasteiger partial charge is 0.349 e. The van der Waals surface area contributed by atoms with Crippen molar-refractivity contribution in [2.24, 2.45) is 0 Å². The van der Waals surface area contributed by atoms with Crippen molar-refractivity contribution in [1.82, 2.24) is 10.2 Å². The Labute approximate surface area is 136 Å². The van der Waals surface area contributed by atoms with Gasteiger partial charge in [0.1, 0.15) is 17.2 Å². The molecule has 122 valence electrons. The molecule has 1 aromatic carbocycles. The quantitative estimate of drug-likeness (QED) is 0.665. The number of amides is 3. The molecule has 2 fully saturated rings. The molecule has 24 heavy (non-hydrogen) atoms. The number of imide groups is 1. The summed E-state index contributed by atoms with van der Waals surface area (Å²) in [5, 5.41) is 2.84. The van der Waals surface area contributed by atoms with Crippen molar-refractivity contribution in [2.75, 3.05) is 0 Å². The van der Waals surface area contributed by atoms with E-state index in [0.29, 0.717) is 11.0 Å². The summed E-state index contributed by atoms with van der Waals surface area (Å²) < 4.78 is 5.20. The molecule has 4 rings (SSSR count). The summed E-state index contributed by atoms with van der Waals surface area (Å²) in [6.07, 6.45) is 1.44. The van der Waals surface area contributed by atoms with Crippen LogP contribution in [0.25, 0.3) is 11.0 Å². The van der Waals surface area contributed by atoms with Gasteiger partial charge in [-0.25, -0.2) is 4.79 Å². The second-order valence-electron chi connectivity index (χ2n) is 6.06. The highest BCUT2D eigenvalue weighted by Crippen LogP contribution is 2.32. The lowest BCUT2D eigenvalue weighted by atomic mass is 10.1. The molecule has 1 aliphatic carbocycles. The lowest BCUT2D eigenvalue weighted by Gasteiger charge is -2.26. The van der Waals surface area contributed by atoms with Crippen molar-refractivity contribution in [1.29, 1.82) is 0 Å². The molecule has 1 aromatic heterocycles. The molecule has 1 N–H and O–H groups in total. The molecule has 0 radical (unpaired) electrons. The molecule has 2 aromatic rings. The fourth-order valence-electron chi connectivity index (χ4n) is 3.03. The van der Waals surface area contributed by atoms with E-state index in [1.807, 2.05) is 0 Å². The van der Waals surface area contributed by atoms with E-state index < -0.39 is 29.4 Å². The molecular formula is C17H14N2O5. The number of fused-ring (bicyclic) bond motifs is 1. The third-order valence-corrected chi connectivity index (χ3v) is 4.33. The van der Waals surface area contributed by atoms with Gasteiger partial charge in [0, 0.05) is 11.4 Å². The minimum atomic E-state index is -0.858. The van der Waals surface area contributed by atoms with E-state index in [-0.39, 0.29) is 18.0 Å². The number of hydrogen-bond acceptors (Lipinski definition) is 5. The predicted octanol–water partition coefficient (Wildman–Crippen LogP) is 0.813. The normalized spacial score (nSPS) is 20.2. The van der Waals surface area contributed by atoms with Gasteiger partial charge in [-0.15, -0.1) is 0 Å². The van der Waals surface area contributed by atoms with Gasteiger partial charge in [0.25, 0.3) is 5.91 Å². The molecule has 1 saturated carbocycles. The Bertz CT molecular complexity index is 928. The molecule has 1 unspecified atom stereocenters. The van der Waals surface area contributed by atoms with Crippen LogP contribution in [0.3, 0.4) is 0 Å². The monoisotopic (exact) mass is 326 g/mol. The van der Waals surface area contributed by atoms with Crippen LogP contribution in [-0.2, 0) is 9.59 Å². The van der Waals surface area contributed by atoms with E-state index in [9.17, 15) is 19.2 Å². The summed E-state index contributed by atoms with van der Waals surface area (Å²) in [7, 11) is 0. The first-order valence-electron chi connectivity index (χ1n) is 7.74. The van der Waals surface area contributed by atoms with Crippen molar-refractivity contribution in [3.8, 4) is 0 Å². The second kappa shape index (κ2) is 5.30. The van der Waals surface area contributed by atoms with Gasteiger partial charge in [-0.05, 0) is 25.0 Å². The Hall–Kier alpha value is -2.96. The first-order chi connectivity index (χ1) is 11.5. The summed E-state index contributed by atoms with van der Waals surface area (Å²) in [4.78, 5) is 49.9. The van der Waals surface area contributed by atoms with Gasteiger partial charge in [0.2, 0.25) is 11.8 Å². The zero-order chi connectivity index (χ0) is 16.8. The van der Waals surface area contributed by atoms with Crippen molar-refractivity contribution in [3.05, 3.63) is 46.3 Å². The minimum absolute atomic E-state index is 0.0695. The molecular weight excluding hydrogens is 312 g/mol. The van der Waals surface area contributed by atoms with Gasteiger partial charge in [0.15, 0.2) is 0 Å². The standard InChI is InChI=1S/C17H14N2O5/c20-14-8-12(15(21)18-14)19(10-5-6-10)16(22)11-7-9-3-1-2-4-13(9)24-17(11)23/h1-4,7,10,12H,5-6,8H2,(H,18,20,21). The average molecular weight is 326 g/mol. The first-order valence-corrected chi connectivity index (χ1v) is 7.74. The minimum Gasteiger partial charge on any atom is -0.422 e. The van der Waals surface area contributed by atoms with Gasteiger partial charge in [0.05, 0.1) is 6.42 Å². The lowest BCUT2D eigenvalue weighted by molar-refractivity contribution is -0.126. The fraction of sp³-hybridized carbons (Fsp3) is 0.294. The van der Waals surface area contributed by atoms with E-state index in [1.165, 1.54) is 11.0 Å². The van der Waals surface area contributed by atoms with Crippen LogP contribution in [0.15, 0.2) is 39.5 Å². The molecule has 7 heteroatoms. The molecule has 1 saturated heterocycles. The van der Waals surface area contributed by atoms with Gasteiger partial charge in [-0.2, -0.15) is 0 Å². The van der Waals surface area contributed by atoms with Crippen molar-refractivity contribution < 1.29 is 18.8 Å². The van der Waals surface area contributed by atoms with Crippen molar-refractivity contribution >= 4 is 28.7 Å². The van der Waals surface area contributed by atoms with Gasteiger partial charge in [-0.1, -0.05) is 18.2 Å². The number of benzene rings is 1. The van der Waals surface area contributed by atoms with E-state index in [2.05, 4.69) is 5.32 Å². The summed E-state index contributed by atoms with van der Waals surface area (Å²) in [5.74, 6) is -1.47. The summed E-state index contributed by atoms with van der Waals surface area (Å²) in [5.41, 5.74) is -0.465. The Morgan fingerprint density at radius 3 is 2.58 bits per heavy atom. The number of nitrogens with one attached hydrogen (secondary N) is 1. The number of nitrogens with zero attached hydrogens (tertiary/aromatic N) is 1. The van der Waals surface area contributed by atoms with Crippen molar-refractivity contribution in [2.45, 2.75) is 31.3 Å². The van der Waals surface area contributed by atoms with Crippen LogP contribution in [0.1, 0.15) is 29.6 Å². The van der Waals surface area contributed by atoms with Crippen molar-refractivity contribution in [3.63, 3.8) is 0 Å². The SMILES string of the molecule is O=C1CC(N(C(=O)c2cc3ccccc3oc2=O)C2CC2)C(=O)N1. The van der Waals surface area contributed by atoms with E-state index in [1.54, 1.807) is 24.3 Å². The van der Waals surface area contributed by atoms with Crippen LogP contribution < -0.4 is 10.9 Å².